The largest absolute Gasteiger partial charge is 0.480 e. The molecule has 0 aliphatic heterocycles. The van der Waals surface area contributed by atoms with E-state index in [0.717, 1.165) is 5.56 Å². The molecule has 0 aliphatic rings. The van der Waals surface area contributed by atoms with Gasteiger partial charge in [-0.2, -0.15) is 0 Å². The van der Waals surface area contributed by atoms with Crippen molar-refractivity contribution in [2.75, 3.05) is 0 Å². The third kappa shape index (κ3) is 5.50. The van der Waals surface area contributed by atoms with Crippen molar-refractivity contribution in [2.24, 2.45) is 5.41 Å². The van der Waals surface area contributed by atoms with E-state index in [1.54, 1.807) is 0 Å². The number of carboxylic acids is 1. The van der Waals surface area contributed by atoms with Crippen LogP contribution in [0, 0.1) is 5.41 Å². The Labute approximate surface area is 103 Å². The molecule has 0 saturated carbocycles. The first kappa shape index (κ1) is 13.7. The van der Waals surface area contributed by atoms with E-state index in [0.29, 0.717) is 13.0 Å². The van der Waals surface area contributed by atoms with Crippen molar-refractivity contribution < 1.29 is 9.90 Å². The minimum atomic E-state index is -0.782. The molecule has 0 aliphatic carbocycles. The van der Waals surface area contributed by atoms with Crippen molar-refractivity contribution in [2.45, 2.75) is 39.8 Å². The summed E-state index contributed by atoms with van der Waals surface area (Å²) in [5.74, 6) is -0.782. The van der Waals surface area contributed by atoms with Gasteiger partial charge in [-0.3, -0.25) is 4.79 Å². The number of hydrogen-bond acceptors (Lipinski definition) is 2. The highest BCUT2D eigenvalue weighted by atomic mass is 16.4. The molecular formula is C14H21NO2. The molecule has 0 heterocycles. The fourth-order valence-electron chi connectivity index (χ4n) is 1.70. The highest BCUT2D eigenvalue weighted by Gasteiger charge is 2.23. The van der Waals surface area contributed by atoms with Crippen molar-refractivity contribution in [3.8, 4) is 0 Å². The topological polar surface area (TPSA) is 49.3 Å². The van der Waals surface area contributed by atoms with E-state index in [4.69, 9.17) is 5.11 Å². The molecule has 1 aromatic rings. The first-order chi connectivity index (χ1) is 7.88. The summed E-state index contributed by atoms with van der Waals surface area (Å²) in [6.45, 7) is 6.74. The third-order valence-corrected chi connectivity index (χ3v) is 2.51. The Morgan fingerprint density at radius 2 is 1.88 bits per heavy atom. The number of aliphatic carboxylic acids is 1. The van der Waals surface area contributed by atoms with Crippen molar-refractivity contribution in [1.29, 1.82) is 0 Å². The average Bonchev–Trinajstić information content (AvgIpc) is 2.24. The average molecular weight is 235 g/mol. The maximum atomic E-state index is 11.1. The Hall–Kier alpha value is -1.35. The van der Waals surface area contributed by atoms with Gasteiger partial charge in [0, 0.05) is 6.54 Å². The maximum absolute atomic E-state index is 11.1. The van der Waals surface area contributed by atoms with Crippen LogP contribution in [0.25, 0.3) is 0 Å². The summed E-state index contributed by atoms with van der Waals surface area (Å²) in [5.41, 5.74) is 1.11. The molecule has 0 saturated heterocycles. The first-order valence-electron chi connectivity index (χ1n) is 5.88. The molecule has 2 N–H and O–H groups in total. The highest BCUT2D eigenvalue weighted by Crippen LogP contribution is 2.21. The molecule has 0 fully saturated rings. The van der Waals surface area contributed by atoms with Gasteiger partial charge in [0.05, 0.1) is 0 Å². The Kier molecular flexibility index (Phi) is 4.70. The molecule has 3 heteroatoms. The standard InChI is InChI=1S/C14H21NO2/c1-14(2,3)9-12(13(16)17)15-10-11-7-5-4-6-8-11/h4-8,12,15H,9-10H2,1-3H3,(H,16,17). The molecule has 17 heavy (non-hydrogen) atoms. The number of nitrogens with one attached hydrogen (secondary N) is 1. The fraction of sp³-hybridized carbons (Fsp3) is 0.500. The molecule has 3 nitrogen and oxygen atoms in total. The van der Waals surface area contributed by atoms with Gasteiger partial charge in [-0.15, -0.1) is 0 Å². The van der Waals surface area contributed by atoms with Crippen LogP contribution in [0.1, 0.15) is 32.8 Å². The van der Waals surface area contributed by atoms with Crippen LogP contribution < -0.4 is 5.32 Å². The Morgan fingerprint density at radius 3 is 2.35 bits per heavy atom. The van der Waals surface area contributed by atoms with Gasteiger partial charge in [-0.1, -0.05) is 51.1 Å². The maximum Gasteiger partial charge on any atom is 0.320 e. The minimum absolute atomic E-state index is 0.00669. The van der Waals surface area contributed by atoms with E-state index in [1.807, 2.05) is 51.1 Å². The van der Waals surface area contributed by atoms with Gasteiger partial charge < -0.3 is 10.4 Å². The van der Waals surface area contributed by atoms with E-state index in [1.165, 1.54) is 0 Å². The Morgan fingerprint density at radius 1 is 1.29 bits per heavy atom. The van der Waals surface area contributed by atoms with Crippen molar-refractivity contribution in [3.63, 3.8) is 0 Å². The van der Waals surface area contributed by atoms with E-state index in [-0.39, 0.29) is 5.41 Å². The SMILES string of the molecule is CC(C)(C)CC(NCc1ccccc1)C(=O)O. The molecule has 0 bridgehead atoms. The van der Waals surface area contributed by atoms with Crippen LogP contribution in [0.2, 0.25) is 0 Å². The Balaban J connectivity index is 2.54. The zero-order valence-corrected chi connectivity index (χ0v) is 10.7. The van der Waals surface area contributed by atoms with Gasteiger partial charge in [0.15, 0.2) is 0 Å². The van der Waals surface area contributed by atoms with Crippen LogP contribution in [0.5, 0.6) is 0 Å². The predicted octanol–water partition coefficient (Wildman–Crippen LogP) is 2.67. The second kappa shape index (κ2) is 5.82. The zero-order valence-electron chi connectivity index (χ0n) is 10.7. The van der Waals surface area contributed by atoms with Crippen molar-refractivity contribution in [1.82, 2.24) is 5.32 Å². The molecule has 1 atom stereocenters. The van der Waals surface area contributed by atoms with Crippen LogP contribution in [0.3, 0.4) is 0 Å². The van der Waals surface area contributed by atoms with Crippen LogP contribution in [-0.4, -0.2) is 17.1 Å². The molecule has 1 unspecified atom stereocenters. The van der Waals surface area contributed by atoms with E-state index >= 15 is 0 Å². The molecule has 1 aromatic carbocycles. The monoisotopic (exact) mass is 235 g/mol. The molecule has 94 valence electrons. The Bertz CT molecular complexity index is 354. The number of benzene rings is 1. The van der Waals surface area contributed by atoms with Crippen molar-refractivity contribution in [3.05, 3.63) is 35.9 Å². The van der Waals surface area contributed by atoms with E-state index in [2.05, 4.69) is 5.32 Å². The lowest BCUT2D eigenvalue weighted by atomic mass is 9.88. The second-order valence-corrected chi connectivity index (χ2v) is 5.52. The molecular weight excluding hydrogens is 214 g/mol. The van der Waals surface area contributed by atoms with Gasteiger partial charge in [0.1, 0.15) is 6.04 Å². The summed E-state index contributed by atoms with van der Waals surface area (Å²) in [6, 6.07) is 9.35. The van der Waals surface area contributed by atoms with Gasteiger partial charge in [-0.25, -0.2) is 0 Å². The normalized spacial score (nSPS) is 13.4. The number of carbonyl (C=O) groups is 1. The summed E-state index contributed by atoms with van der Waals surface area (Å²) in [6.07, 6.45) is 0.620. The molecule has 0 aromatic heterocycles. The minimum Gasteiger partial charge on any atom is -0.480 e. The van der Waals surface area contributed by atoms with Gasteiger partial charge in [-0.05, 0) is 17.4 Å². The molecule has 0 spiro atoms. The lowest BCUT2D eigenvalue weighted by Gasteiger charge is -2.24. The van der Waals surface area contributed by atoms with Gasteiger partial charge in [0.2, 0.25) is 0 Å². The summed E-state index contributed by atoms with van der Waals surface area (Å²) in [5, 5.41) is 12.2. The smallest absolute Gasteiger partial charge is 0.320 e. The third-order valence-electron chi connectivity index (χ3n) is 2.51. The molecule has 0 radical (unpaired) electrons. The van der Waals surface area contributed by atoms with Crippen LogP contribution in [0.15, 0.2) is 30.3 Å². The number of rotatable bonds is 5. The lowest BCUT2D eigenvalue weighted by Crippen LogP contribution is -2.39. The second-order valence-electron chi connectivity index (χ2n) is 5.52. The molecule has 1 rings (SSSR count). The summed E-state index contributed by atoms with van der Waals surface area (Å²) in [4.78, 5) is 11.1. The number of carboxylic acid groups (broad SMARTS) is 1. The predicted molar refractivity (Wildman–Crippen MR) is 68.8 cm³/mol. The summed E-state index contributed by atoms with van der Waals surface area (Å²) in [7, 11) is 0. The van der Waals surface area contributed by atoms with Crippen LogP contribution >= 0.6 is 0 Å². The van der Waals surface area contributed by atoms with E-state index in [9.17, 15) is 4.79 Å². The molecule has 0 amide bonds. The lowest BCUT2D eigenvalue weighted by molar-refractivity contribution is -0.140. The van der Waals surface area contributed by atoms with Gasteiger partial charge in [0.25, 0.3) is 0 Å². The number of hydrogen-bond donors (Lipinski definition) is 2. The summed E-state index contributed by atoms with van der Waals surface area (Å²) < 4.78 is 0. The van der Waals surface area contributed by atoms with Crippen LogP contribution in [-0.2, 0) is 11.3 Å². The van der Waals surface area contributed by atoms with Gasteiger partial charge >= 0.3 is 5.97 Å². The highest BCUT2D eigenvalue weighted by molar-refractivity contribution is 5.73. The van der Waals surface area contributed by atoms with Crippen LogP contribution in [0.4, 0.5) is 0 Å². The fourth-order valence-corrected chi connectivity index (χ4v) is 1.70. The summed E-state index contributed by atoms with van der Waals surface area (Å²) >= 11 is 0. The van der Waals surface area contributed by atoms with Crippen molar-refractivity contribution >= 4 is 5.97 Å². The quantitative estimate of drug-likeness (QED) is 0.825. The first-order valence-corrected chi connectivity index (χ1v) is 5.88. The van der Waals surface area contributed by atoms with E-state index < -0.39 is 12.0 Å². The zero-order chi connectivity index (χ0) is 12.9.